The molecule has 0 heterocycles. The van der Waals surface area contributed by atoms with E-state index < -0.39 is 0 Å². The van der Waals surface area contributed by atoms with E-state index in [2.05, 4.69) is 44.7 Å². The third-order valence-electron chi connectivity index (χ3n) is 1.77. The van der Waals surface area contributed by atoms with Gasteiger partial charge in [-0.3, -0.25) is 0 Å². The Morgan fingerprint density at radius 2 is 2.14 bits per heavy atom. The molecule has 0 aliphatic heterocycles. The van der Waals surface area contributed by atoms with Gasteiger partial charge in [0, 0.05) is 6.10 Å². The zero-order valence-electron chi connectivity index (χ0n) is 9.00. The topological polar surface area (TPSA) is 9.23 Å². The van der Waals surface area contributed by atoms with E-state index in [1.54, 1.807) is 0 Å². The van der Waals surface area contributed by atoms with Gasteiger partial charge in [-0.2, -0.15) is 0 Å². The fraction of sp³-hybridized carbons (Fsp3) is 0.333. The Kier molecular flexibility index (Phi) is 4.11. The van der Waals surface area contributed by atoms with Gasteiger partial charge in [-0.15, -0.1) is 0 Å². The van der Waals surface area contributed by atoms with Gasteiger partial charge < -0.3 is 4.43 Å². The van der Waals surface area contributed by atoms with Gasteiger partial charge in [-0.05, 0) is 31.5 Å². The fourth-order valence-corrected chi connectivity index (χ4v) is 1.78. The Hall–Kier alpha value is -0.863. The van der Waals surface area contributed by atoms with E-state index in [-0.39, 0.29) is 0 Å². The molecule has 74 valence electrons. The first-order chi connectivity index (χ1) is 6.59. The van der Waals surface area contributed by atoms with Crippen LogP contribution in [0, 0.1) is 0 Å². The first-order valence-electron chi connectivity index (χ1n) is 4.77. The van der Waals surface area contributed by atoms with Crippen molar-refractivity contribution in [2.45, 2.75) is 26.9 Å². The summed E-state index contributed by atoms with van der Waals surface area (Å²) in [6.07, 6.45) is 0.293. The van der Waals surface area contributed by atoms with E-state index >= 15 is 0 Å². The molecular formula is C12H16OSi. The number of hydrogen-bond donors (Lipinski definition) is 0. The highest BCUT2D eigenvalue weighted by atomic mass is 28.2. The van der Waals surface area contributed by atoms with Crippen LogP contribution in [0.15, 0.2) is 30.8 Å². The molecule has 0 unspecified atom stereocenters. The van der Waals surface area contributed by atoms with Crippen LogP contribution in [0.3, 0.4) is 0 Å². The smallest absolute Gasteiger partial charge is 0.269 e. The highest BCUT2D eigenvalue weighted by molar-refractivity contribution is 6.47. The SMILES string of the molecule is C=C(C)c1cccc([Si]OC(C)C)c1. The second-order valence-electron chi connectivity index (χ2n) is 3.63. The Morgan fingerprint density at radius 3 is 2.71 bits per heavy atom. The molecule has 2 radical (unpaired) electrons. The minimum absolute atomic E-state index is 0.293. The van der Waals surface area contributed by atoms with Crippen LogP contribution in [0.25, 0.3) is 5.57 Å². The molecule has 0 fully saturated rings. The van der Waals surface area contributed by atoms with Crippen molar-refractivity contribution < 1.29 is 4.43 Å². The molecule has 1 aromatic rings. The average molecular weight is 204 g/mol. The van der Waals surface area contributed by atoms with Crippen LogP contribution in [0.1, 0.15) is 26.3 Å². The van der Waals surface area contributed by atoms with Gasteiger partial charge in [0.1, 0.15) is 0 Å². The van der Waals surface area contributed by atoms with Gasteiger partial charge in [0.15, 0.2) is 0 Å². The van der Waals surface area contributed by atoms with Gasteiger partial charge in [0.2, 0.25) is 0 Å². The van der Waals surface area contributed by atoms with Crippen molar-refractivity contribution in [3.8, 4) is 0 Å². The molecule has 2 heteroatoms. The van der Waals surface area contributed by atoms with Crippen molar-refractivity contribution in [1.29, 1.82) is 0 Å². The summed E-state index contributed by atoms with van der Waals surface area (Å²) in [4.78, 5) is 0. The van der Waals surface area contributed by atoms with E-state index in [1.165, 1.54) is 10.8 Å². The molecule has 1 rings (SSSR count). The van der Waals surface area contributed by atoms with Gasteiger partial charge >= 0.3 is 0 Å². The van der Waals surface area contributed by atoms with Crippen LogP contribution in [-0.4, -0.2) is 15.9 Å². The maximum Gasteiger partial charge on any atom is 0.269 e. The van der Waals surface area contributed by atoms with Gasteiger partial charge in [0.05, 0.1) is 0 Å². The summed E-state index contributed by atoms with van der Waals surface area (Å²) >= 11 is 0. The lowest BCUT2D eigenvalue weighted by atomic mass is 10.1. The monoisotopic (exact) mass is 204 g/mol. The van der Waals surface area contributed by atoms with Gasteiger partial charge in [0.25, 0.3) is 9.76 Å². The predicted octanol–water partition coefficient (Wildman–Crippen LogP) is 2.39. The summed E-state index contributed by atoms with van der Waals surface area (Å²) in [5.74, 6) is 0. The maximum absolute atomic E-state index is 5.56. The number of rotatable bonds is 4. The second kappa shape index (κ2) is 5.13. The Labute approximate surface area is 88.7 Å². The van der Waals surface area contributed by atoms with Crippen LogP contribution in [0.2, 0.25) is 0 Å². The largest absolute Gasteiger partial charge is 0.409 e. The summed E-state index contributed by atoms with van der Waals surface area (Å²) in [6.45, 7) is 10.0. The fourth-order valence-electron chi connectivity index (χ4n) is 1.03. The summed E-state index contributed by atoms with van der Waals surface area (Å²) < 4.78 is 5.56. The van der Waals surface area contributed by atoms with E-state index in [0.717, 1.165) is 5.57 Å². The minimum atomic E-state index is 0.293. The molecule has 14 heavy (non-hydrogen) atoms. The molecule has 1 nitrogen and oxygen atoms in total. The van der Waals surface area contributed by atoms with Gasteiger partial charge in [-0.1, -0.05) is 36.4 Å². The molecule has 0 amide bonds. The van der Waals surface area contributed by atoms with Crippen LogP contribution in [-0.2, 0) is 4.43 Å². The average Bonchev–Trinajstić information content (AvgIpc) is 2.15. The lowest BCUT2D eigenvalue weighted by Gasteiger charge is -2.07. The predicted molar refractivity (Wildman–Crippen MR) is 62.8 cm³/mol. The van der Waals surface area contributed by atoms with Crippen molar-refractivity contribution in [1.82, 2.24) is 0 Å². The van der Waals surface area contributed by atoms with E-state index in [9.17, 15) is 0 Å². The lowest BCUT2D eigenvalue weighted by Crippen LogP contribution is -2.21. The highest BCUT2D eigenvalue weighted by Gasteiger charge is 2.00. The zero-order chi connectivity index (χ0) is 10.6. The quantitative estimate of drug-likeness (QED) is 0.684. The summed E-state index contributed by atoms with van der Waals surface area (Å²) in [6, 6.07) is 8.36. The van der Waals surface area contributed by atoms with E-state index in [1.807, 2.05) is 6.92 Å². The van der Waals surface area contributed by atoms with Crippen LogP contribution >= 0.6 is 0 Å². The molecule has 1 aromatic carbocycles. The minimum Gasteiger partial charge on any atom is -0.409 e. The summed E-state index contributed by atoms with van der Waals surface area (Å²) in [5, 5.41) is 1.24. The molecule has 0 N–H and O–H groups in total. The van der Waals surface area contributed by atoms with Crippen molar-refractivity contribution >= 4 is 20.5 Å². The Balaban J connectivity index is 2.69. The highest BCUT2D eigenvalue weighted by Crippen LogP contribution is 2.08. The summed E-state index contributed by atoms with van der Waals surface area (Å²) in [7, 11) is 0.433. The van der Waals surface area contributed by atoms with Crippen molar-refractivity contribution in [3.63, 3.8) is 0 Å². The molecule has 0 atom stereocenters. The van der Waals surface area contributed by atoms with Crippen molar-refractivity contribution in [2.24, 2.45) is 0 Å². The first-order valence-corrected chi connectivity index (χ1v) is 5.68. The van der Waals surface area contributed by atoms with Crippen molar-refractivity contribution in [3.05, 3.63) is 36.4 Å². The van der Waals surface area contributed by atoms with Crippen LogP contribution < -0.4 is 5.19 Å². The molecule has 0 aliphatic carbocycles. The number of hydrogen-bond acceptors (Lipinski definition) is 1. The van der Waals surface area contributed by atoms with E-state index in [0.29, 0.717) is 15.9 Å². The van der Waals surface area contributed by atoms with E-state index in [4.69, 9.17) is 4.43 Å². The number of benzene rings is 1. The van der Waals surface area contributed by atoms with Crippen LogP contribution in [0.5, 0.6) is 0 Å². The molecule has 0 aliphatic rings. The lowest BCUT2D eigenvalue weighted by molar-refractivity contribution is 0.260. The van der Waals surface area contributed by atoms with Gasteiger partial charge in [-0.25, -0.2) is 0 Å². The standard InChI is InChI=1S/C12H16OSi/c1-9(2)11-6-5-7-12(8-11)14-13-10(3)4/h5-8,10H,1H2,2-4H3. The van der Waals surface area contributed by atoms with Crippen molar-refractivity contribution in [2.75, 3.05) is 0 Å². The maximum atomic E-state index is 5.56. The first kappa shape index (κ1) is 11.2. The molecule has 0 spiro atoms. The molecule has 0 saturated carbocycles. The molecule has 0 saturated heterocycles. The summed E-state index contributed by atoms with van der Waals surface area (Å²) in [5.41, 5.74) is 2.29. The third kappa shape index (κ3) is 3.48. The van der Waals surface area contributed by atoms with Crippen LogP contribution in [0.4, 0.5) is 0 Å². The second-order valence-corrected chi connectivity index (χ2v) is 4.65. The Bertz CT molecular complexity index is 318. The third-order valence-corrected chi connectivity index (χ3v) is 2.90. The molecule has 0 aromatic heterocycles. The zero-order valence-corrected chi connectivity index (χ0v) is 10.0. The number of allylic oxidation sites excluding steroid dienone is 1. The Morgan fingerprint density at radius 1 is 1.43 bits per heavy atom. The molecular weight excluding hydrogens is 188 g/mol. The molecule has 0 bridgehead atoms. The normalized spacial score (nSPS) is 10.6.